The number of hydrogen-bond acceptors (Lipinski definition) is 1. The quantitative estimate of drug-likeness (QED) is 0.796. The van der Waals surface area contributed by atoms with E-state index in [9.17, 15) is 5.11 Å². The van der Waals surface area contributed by atoms with Crippen molar-refractivity contribution in [3.05, 3.63) is 41.0 Å². The molecule has 0 bridgehead atoms. The Balaban J connectivity index is 1.79. The summed E-state index contributed by atoms with van der Waals surface area (Å²) in [6.07, 6.45) is 8.60. The lowest BCUT2D eigenvalue weighted by molar-refractivity contribution is 0.150. The van der Waals surface area contributed by atoms with Gasteiger partial charge in [-0.25, -0.2) is 0 Å². The number of hydrogen-bond donors (Lipinski definition) is 1. The van der Waals surface area contributed by atoms with E-state index in [1.165, 1.54) is 31.2 Å². The lowest BCUT2D eigenvalue weighted by atomic mass is 9.64. The maximum absolute atomic E-state index is 9.44. The summed E-state index contributed by atoms with van der Waals surface area (Å²) in [6, 6.07) is 6.86. The molecule has 0 unspecified atom stereocenters. The summed E-state index contributed by atoms with van der Waals surface area (Å²) < 4.78 is 0. The van der Waals surface area contributed by atoms with Crippen LogP contribution in [0.15, 0.2) is 24.3 Å². The van der Waals surface area contributed by atoms with Crippen LogP contribution in [0.3, 0.4) is 0 Å². The Morgan fingerprint density at radius 3 is 3.06 bits per heavy atom. The van der Waals surface area contributed by atoms with Crippen LogP contribution in [0.1, 0.15) is 48.3 Å². The topological polar surface area (TPSA) is 20.2 Å². The molecule has 0 spiro atoms. The molecule has 0 aromatic heterocycles. The van der Waals surface area contributed by atoms with Gasteiger partial charge < -0.3 is 5.11 Å². The third-order valence-corrected chi connectivity index (χ3v) is 5.31. The largest absolute Gasteiger partial charge is 0.396 e. The van der Waals surface area contributed by atoms with Crippen LogP contribution in [0, 0.1) is 11.8 Å². The summed E-state index contributed by atoms with van der Waals surface area (Å²) in [7, 11) is 0. The monoisotopic (exact) mass is 240 g/mol. The van der Waals surface area contributed by atoms with Crippen LogP contribution in [0.4, 0.5) is 0 Å². The van der Waals surface area contributed by atoms with Crippen LogP contribution in [0.25, 0.3) is 5.57 Å². The van der Waals surface area contributed by atoms with Crippen molar-refractivity contribution in [1.29, 1.82) is 0 Å². The smallest absolute Gasteiger partial charge is 0.0459 e. The van der Waals surface area contributed by atoms with Gasteiger partial charge in [0.1, 0.15) is 0 Å². The highest BCUT2D eigenvalue weighted by Gasteiger charge is 2.38. The first-order valence-corrected chi connectivity index (χ1v) is 7.29. The Kier molecular flexibility index (Phi) is 2.38. The second kappa shape index (κ2) is 3.96. The molecule has 3 atom stereocenters. The molecule has 1 aromatic rings. The molecule has 4 rings (SSSR count). The van der Waals surface area contributed by atoms with Gasteiger partial charge in [0.05, 0.1) is 0 Å². The molecule has 0 aliphatic heterocycles. The molecule has 18 heavy (non-hydrogen) atoms. The normalized spacial score (nSPS) is 32.7. The van der Waals surface area contributed by atoms with Crippen molar-refractivity contribution >= 4 is 5.57 Å². The molecular weight excluding hydrogens is 220 g/mol. The number of aliphatic hydroxyl groups excluding tert-OH is 1. The Hall–Kier alpha value is -1.08. The van der Waals surface area contributed by atoms with Crippen LogP contribution < -0.4 is 0 Å². The summed E-state index contributed by atoms with van der Waals surface area (Å²) in [5.41, 5.74) is 6.32. The minimum atomic E-state index is 0.376. The number of benzene rings is 1. The third-order valence-electron chi connectivity index (χ3n) is 5.31. The molecule has 3 aliphatic rings. The van der Waals surface area contributed by atoms with E-state index in [1.54, 1.807) is 16.7 Å². The molecule has 0 amide bonds. The second-order valence-electron chi connectivity index (χ2n) is 6.25. The Labute approximate surface area is 109 Å². The van der Waals surface area contributed by atoms with E-state index >= 15 is 0 Å². The average Bonchev–Trinajstić information content (AvgIpc) is 2.83. The first-order valence-electron chi connectivity index (χ1n) is 7.29. The minimum Gasteiger partial charge on any atom is -0.396 e. The van der Waals surface area contributed by atoms with Gasteiger partial charge in [0.15, 0.2) is 0 Å². The lowest BCUT2D eigenvalue weighted by Crippen LogP contribution is -2.28. The van der Waals surface area contributed by atoms with Crippen molar-refractivity contribution in [2.45, 2.75) is 38.0 Å². The molecule has 0 radical (unpaired) electrons. The summed E-state index contributed by atoms with van der Waals surface area (Å²) >= 11 is 0. The van der Waals surface area contributed by atoms with E-state index in [0.29, 0.717) is 18.4 Å². The molecule has 1 saturated carbocycles. The highest BCUT2D eigenvalue weighted by molar-refractivity contribution is 5.77. The predicted octanol–water partition coefficient (Wildman–Crippen LogP) is 3.52. The first-order chi connectivity index (χ1) is 8.86. The fourth-order valence-corrected chi connectivity index (χ4v) is 4.41. The maximum atomic E-state index is 9.44. The summed E-state index contributed by atoms with van der Waals surface area (Å²) in [5.74, 6) is 2.08. The number of allylic oxidation sites excluding steroid dienone is 2. The third kappa shape index (κ3) is 1.43. The zero-order valence-electron chi connectivity index (χ0n) is 10.7. The molecule has 3 aliphatic carbocycles. The van der Waals surface area contributed by atoms with Gasteiger partial charge in [0.2, 0.25) is 0 Å². The average molecular weight is 240 g/mol. The van der Waals surface area contributed by atoms with Crippen LogP contribution in [0.2, 0.25) is 0 Å². The second-order valence-corrected chi connectivity index (χ2v) is 6.25. The van der Waals surface area contributed by atoms with Crippen molar-refractivity contribution in [1.82, 2.24) is 0 Å². The Morgan fingerprint density at radius 1 is 1.22 bits per heavy atom. The molecule has 1 nitrogen and oxygen atoms in total. The molecule has 1 N–H and O–H groups in total. The van der Waals surface area contributed by atoms with Gasteiger partial charge in [-0.15, -0.1) is 0 Å². The van der Waals surface area contributed by atoms with Gasteiger partial charge in [0, 0.05) is 6.61 Å². The van der Waals surface area contributed by atoms with Gasteiger partial charge >= 0.3 is 0 Å². The van der Waals surface area contributed by atoms with E-state index in [4.69, 9.17) is 0 Å². The van der Waals surface area contributed by atoms with Crippen molar-refractivity contribution in [3.8, 4) is 0 Å². The van der Waals surface area contributed by atoms with Crippen LogP contribution in [-0.4, -0.2) is 11.7 Å². The molecule has 1 fully saturated rings. The van der Waals surface area contributed by atoms with E-state index in [0.717, 1.165) is 12.3 Å². The first kappa shape index (κ1) is 10.8. The fourth-order valence-electron chi connectivity index (χ4n) is 4.41. The van der Waals surface area contributed by atoms with Gasteiger partial charge in [-0.3, -0.25) is 0 Å². The van der Waals surface area contributed by atoms with Crippen LogP contribution >= 0.6 is 0 Å². The van der Waals surface area contributed by atoms with Gasteiger partial charge in [-0.2, -0.15) is 0 Å². The highest BCUT2D eigenvalue weighted by Crippen LogP contribution is 2.52. The van der Waals surface area contributed by atoms with Gasteiger partial charge in [-0.1, -0.05) is 24.3 Å². The van der Waals surface area contributed by atoms with Gasteiger partial charge in [0.25, 0.3) is 0 Å². The van der Waals surface area contributed by atoms with Crippen molar-refractivity contribution in [2.75, 3.05) is 6.61 Å². The van der Waals surface area contributed by atoms with E-state index in [1.807, 2.05) is 0 Å². The van der Waals surface area contributed by atoms with Crippen molar-refractivity contribution in [3.63, 3.8) is 0 Å². The molecule has 1 heteroatoms. The van der Waals surface area contributed by atoms with E-state index < -0.39 is 0 Å². The molecule has 0 heterocycles. The SMILES string of the molecule is OC[C@H]1CC[C@@H]2CC3=CCc4cccc(c43)[C@H]2C1. The predicted molar refractivity (Wildman–Crippen MR) is 73.4 cm³/mol. The zero-order chi connectivity index (χ0) is 12.1. The zero-order valence-corrected chi connectivity index (χ0v) is 10.7. The molecule has 94 valence electrons. The molecule has 0 saturated heterocycles. The van der Waals surface area contributed by atoms with Gasteiger partial charge in [-0.05, 0) is 72.1 Å². The van der Waals surface area contributed by atoms with E-state index in [-0.39, 0.29) is 0 Å². The summed E-state index contributed by atoms with van der Waals surface area (Å²) in [4.78, 5) is 0. The van der Waals surface area contributed by atoms with Crippen molar-refractivity contribution < 1.29 is 5.11 Å². The number of rotatable bonds is 1. The number of fused-ring (bicyclic) bond motifs is 2. The highest BCUT2D eigenvalue weighted by atomic mass is 16.3. The van der Waals surface area contributed by atoms with E-state index in [2.05, 4.69) is 24.3 Å². The molecular formula is C17H20O. The summed E-state index contributed by atoms with van der Waals surface area (Å²) in [5, 5.41) is 9.44. The molecule has 1 aromatic carbocycles. The maximum Gasteiger partial charge on any atom is 0.0459 e. The standard InChI is InChI=1S/C17H20O/c18-10-11-4-5-13-9-14-7-6-12-2-1-3-15(17(12)14)16(13)8-11/h1-3,7,11,13,16,18H,4-6,8-10H2/t11-,13+,16-/m0/s1. The van der Waals surface area contributed by atoms with Crippen LogP contribution in [-0.2, 0) is 6.42 Å². The lowest BCUT2D eigenvalue weighted by Gasteiger charge is -2.40. The Morgan fingerprint density at radius 2 is 2.17 bits per heavy atom. The minimum absolute atomic E-state index is 0.376. The number of aliphatic hydroxyl groups is 1. The van der Waals surface area contributed by atoms with Crippen molar-refractivity contribution in [2.24, 2.45) is 11.8 Å². The van der Waals surface area contributed by atoms with Crippen LogP contribution in [0.5, 0.6) is 0 Å². The summed E-state index contributed by atoms with van der Waals surface area (Å²) in [6.45, 7) is 0.376. The fraction of sp³-hybridized carbons (Fsp3) is 0.529. The Bertz CT molecular complexity index is 514.